The van der Waals surface area contributed by atoms with E-state index in [4.69, 9.17) is 33.1 Å². The fraction of sp³-hybridized carbons (Fsp3) is 0.120. The summed E-state index contributed by atoms with van der Waals surface area (Å²) in [5, 5.41) is 12.8. The number of nitrogens with one attached hydrogen (secondary N) is 2. The SMILES string of the molecule is Cn1cc(C(=O)NO)c(OCc2ccc(Cl)c(Cl)c2)c1C(=O)NCc1cccc(-n2cccc2)c1. The van der Waals surface area contributed by atoms with Gasteiger partial charge in [0.05, 0.1) is 10.0 Å². The van der Waals surface area contributed by atoms with Crippen molar-refractivity contribution in [3.8, 4) is 11.4 Å². The first kappa shape index (κ1) is 24.4. The molecule has 4 rings (SSSR count). The number of carbonyl (C=O) groups excluding carboxylic acids is 2. The summed E-state index contributed by atoms with van der Waals surface area (Å²) >= 11 is 12.0. The summed E-state index contributed by atoms with van der Waals surface area (Å²) in [4.78, 5) is 25.4. The second-order valence-corrected chi connectivity index (χ2v) is 8.57. The van der Waals surface area contributed by atoms with Gasteiger partial charge in [-0.25, -0.2) is 5.48 Å². The Morgan fingerprint density at radius 2 is 1.74 bits per heavy atom. The minimum atomic E-state index is -0.803. The van der Waals surface area contributed by atoms with Gasteiger partial charge in [0.1, 0.15) is 17.9 Å². The van der Waals surface area contributed by atoms with Crippen LogP contribution in [-0.4, -0.2) is 26.2 Å². The van der Waals surface area contributed by atoms with Crippen molar-refractivity contribution in [3.05, 3.63) is 106 Å². The van der Waals surface area contributed by atoms with Gasteiger partial charge in [0.2, 0.25) is 0 Å². The molecule has 0 bridgehead atoms. The number of hydrogen-bond acceptors (Lipinski definition) is 4. The van der Waals surface area contributed by atoms with Gasteiger partial charge in [-0.2, -0.15) is 0 Å². The van der Waals surface area contributed by atoms with Crippen molar-refractivity contribution in [1.82, 2.24) is 19.9 Å². The van der Waals surface area contributed by atoms with E-state index in [2.05, 4.69) is 5.32 Å². The number of aryl methyl sites for hydroxylation is 1. The normalized spacial score (nSPS) is 10.7. The average molecular weight is 513 g/mol. The van der Waals surface area contributed by atoms with Crippen LogP contribution in [0.4, 0.5) is 0 Å². The van der Waals surface area contributed by atoms with E-state index < -0.39 is 11.8 Å². The molecule has 2 heterocycles. The van der Waals surface area contributed by atoms with Crippen LogP contribution in [-0.2, 0) is 20.2 Å². The predicted molar refractivity (Wildman–Crippen MR) is 132 cm³/mol. The maximum atomic E-state index is 13.2. The molecule has 3 N–H and O–H groups in total. The number of benzene rings is 2. The van der Waals surface area contributed by atoms with E-state index in [0.717, 1.165) is 11.3 Å². The molecule has 0 aliphatic carbocycles. The smallest absolute Gasteiger partial charge is 0.279 e. The molecule has 0 spiro atoms. The molecule has 0 aliphatic heterocycles. The van der Waals surface area contributed by atoms with Crippen LogP contribution in [0.5, 0.6) is 5.75 Å². The molecule has 8 nitrogen and oxygen atoms in total. The van der Waals surface area contributed by atoms with Crippen LogP contribution in [0.1, 0.15) is 32.0 Å². The van der Waals surface area contributed by atoms with Gasteiger partial charge in [-0.15, -0.1) is 0 Å². The van der Waals surface area contributed by atoms with E-state index in [1.165, 1.54) is 10.8 Å². The van der Waals surface area contributed by atoms with Crippen molar-refractivity contribution in [3.63, 3.8) is 0 Å². The summed E-state index contributed by atoms with van der Waals surface area (Å²) in [5.41, 5.74) is 4.27. The topological polar surface area (TPSA) is 97.5 Å². The summed E-state index contributed by atoms with van der Waals surface area (Å²) in [6, 6.07) is 16.6. The monoisotopic (exact) mass is 512 g/mol. The summed E-state index contributed by atoms with van der Waals surface area (Å²) in [6.07, 6.45) is 5.29. The zero-order valence-electron chi connectivity index (χ0n) is 18.7. The van der Waals surface area contributed by atoms with E-state index in [-0.39, 0.29) is 30.2 Å². The van der Waals surface area contributed by atoms with Crippen molar-refractivity contribution in [2.24, 2.45) is 7.05 Å². The minimum Gasteiger partial charge on any atom is -0.486 e. The summed E-state index contributed by atoms with van der Waals surface area (Å²) in [6.45, 7) is 0.276. The molecule has 2 aromatic heterocycles. The van der Waals surface area contributed by atoms with Crippen molar-refractivity contribution in [2.75, 3.05) is 0 Å². The molecule has 0 saturated carbocycles. The van der Waals surface area contributed by atoms with E-state index in [9.17, 15) is 9.59 Å². The summed E-state index contributed by atoms with van der Waals surface area (Å²) < 4.78 is 9.32. The largest absolute Gasteiger partial charge is 0.486 e. The van der Waals surface area contributed by atoms with Crippen molar-refractivity contribution < 1.29 is 19.5 Å². The predicted octanol–water partition coefficient (Wildman–Crippen LogP) is 4.75. The molecule has 0 unspecified atom stereocenters. The number of nitrogens with zero attached hydrogens (tertiary/aromatic N) is 2. The van der Waals surface area contributed by atoms with Crippen LogP contribution in [0.3, 0.4) is 0 Å². The second kappa shape index (κ2) is 10.7. The van der Waals surface area contributed by atoms with Crippen molar-refractivity contribution in [2.45, 2.75) is 13.2 Å². The highest BCUT2D eigenvalue weighted by Gasteiger charge is 2.26. The molecule has 0 fully saturated rings. The number of amides is 2. The van der Waals surface area contributed by atoms with Gasteiger partial charge in [0, 0.05) is 37.9 Å². The number of ether oxygens (including phenoxy) is 1. The Hall–Kier alpha value is -3.72. The van der Waals surface area contributed by atoms with Gasteiger partial charge >= 0.3 is 0 Å². The highest BCUT2D eigenvalue weighted by molar-refractivity contribution is 6.42. The summed E-state index contributed by atoms with van der Waals surface area (Å²) in [7, 11) is 1.61. The van der Waals surface area contributed by atoms with Crippen molar-refractivity contribution >= 4 is 35.0 Å². The molecule has 0 saturated heterocycles. The molecule has 0 radical (unpaired) electrons. The maximum Gasteiger partial charge on any atom is 0.279 e. The van der Waals surface area contributed by atoms with Gasteiger partial charge in [-0.05, 0) is 47.5 Å². The van der Waals surface area contributed by atoms with E-state index in [1.54, 1.807) is 30.7 Å². The third-order valence-electron chi connectivity index (χ3n) is 5.33. The Labute approximate surface area is 211 Å². The van der Waals surface area contributed by atoms with E-state index in [0.29, 0.717) is 15.6 Å². The van der Waals surface area contributed by atoms with Crippen LogP contribution in [0.2, 0.25) is 10.0 Å². The number of hydroxylamine groups is 1. The van der Waals surface area contributed by atoms with Gasteiger partial charge in [-0.3, -0.25) is 14.8 Å². The van der Waals surface area contributed by atoms with Crippen LogP contribution in [0, 0.1) is 0 Å². The summed E-state index contributed by atoms with van der Waals surface area (Å²) in [5.74, 6) is -1.22. The molecule has 0 aliphatic rings. The Kier molecular flexibility index (Phi) is 7.45. The third kappa shape index (κ3) is 5.51. The van der Waals surface area contributed by atoms with Crippen LogP contribution < -0.4 is 15.5 Å². The highest BCUT2D eigenvalue weighted by atomic mass is 35.5. The molecule has 2 amide bonds. The Morgan fingerprint density at radius 3 is 2.46 bits per heavy atom. The van der Waals surface area contributed by atoms with Crippen LogP contribution in [0.25, 0.3) is 5.69 Å². The lowest BCUT2D eigenvalue weighted by molar-refractivity contribution is 0.0702. The first-order chi connectivity index (χ1) is 16.9. The molecular weight excluding hydrogens is 491 g/mol. The number of rotatable bonds is 8. The van der Waals surface area contributed by atoms with Gasteiger partial charge in [0.25, 0.3) is 11.8 Å². The zero-order chi connectivity index (χ0) is 24.9. The number of carbonyl (C=O) groups is 2. The van der Waals surface area contributed by atoms with Crippen LogP contribution in [0.15, 0.2) is 73.2 Å². The first-order valence-electron chi connectivity index (χ1n) is 10.6. The average Bonchev–Trinajstić information content (AvgIpc) is 3.51. The van der Waals surface area contributed by atoms with Crippen molar-refractivity contribution in [1.29, 1.82) is 0 Å². The zero-order valence-corrected chi connectivity index (χ0v) is 20.2. The van der Waals surface area contributed by atoms with E-state index >= 15 is 0 Å². The van der Waals surface area contributed by atoms with E-state index in [1.807, 2.05) is 53.4 Å². The lowest BCUT2D eigenvalue weighted by Crippen LogP contribution is -2.26. The molecule has 4 aromatic rings. The van der Waals surface area contributed by atoms with Gasteiger partial charge in [-0.1, -0.05) is 41.4 Å². The fourth-order valence-corrected chi connectivity index (χ4v) is 3.94. The fourth-order valence-electron chi connectivity index (χ4n) is 3.62. The number of halogens is 2. The number of aromatic nitrogens is 2. The third-order valence-corrected chi connectivity index (χ3v) is 6.07. The Bertz CT molecular complexity index is 1370. The first-order valence-corrected chi connectivity index (χ1v) is 11.3. The quantitative estimate of drug-likeness (QED) is 0.234. The van der Waals surface area contributed by atoms with Gasteiger partial charge < -0.3 is 19.2 Å². The Balaban J connectivity index is 1.55. The maximum absolute atomic E-state index is 13.2. The van der Waals surface area contributed by atoms with Gasteiger partial charge in [0.15, 0.2) is 5.75 Å². The minimum absolute atomic E-state index is 0.00909. The molecule has 180 valence electrons. The molecule has 2 aromatic carbocycles. The molecule has 10 heteroatoms. The second-order valence-electron chi connectivity index (χ2n) is 7.75. The molecule has 35 heavy (non-hydrogen) atoms. The standard InChI is InChI=1S/C25H22Cl2N4O4/c1-30-14-19(24(32)29-34)23(35-15-17-7-8-20(26)21(27)12-17)22(30)25(33)28-13-16-5-4-6-18(11-16)31-9-2-3-10-31/h2-12,14,34H,13,15H2,1H3,(H,28,33)(H,29,32). The highest BCUT2D eigenvalue weighted by Crippen LogP contribution is 2.29. The Morgan fingerprint density at radius 1 is 0.971 bits per heavy atom. The molecule has 0 atom stereocenters. The lowest BCUT2D eigenvalue weighted by Gasteiger charge is -2.12. The number of hydrogen-bond donors (Lipinski definition) is 3. The lowest BCUT2D eigenvalue weighted by atomic mass is 10.2. The van der Waals surface area contributed by atoms with Crippen LogP contribution >= 0.6 is 23.2 Å². The molecular formula is C25H22Cl2N4O4.